The first-order chi connectivity index (χ1) is 11.2. The lowest BCUT2D eigenvalue weighted by atomic mass is 10.2. The number of furan rings is 1. The van der Waals surface area contributed by atoms with Gasteiger partial charge in [0.25, 0.3) is 11.8 Å². The fourth-order valence-electron chi connectivity index (χ4n) is 1.82. The topological polar surface area (TPSA) is 87.6 Å². The van der Waals surface area contributed by atoms with Crippen LogP contribution in [0.4, 0.5) is 4.39 Å². The minimum Gasteiger partial charge on any atom is -0.494 e. The molecule has 0 saturated carbocycles. The number of halogens is 1. The number of carbonyl (C=O) groups excluding carboxylic acids is 1. The van der Waals surface area contributed by atoms with E-state index in [1.165, 1.54) is 25.5 Å². The number of ether oxygens (including phenoxy) is 2. The summed E-state index contributed by atoms with van der Waals surface area (Å²) in [6.45, 7) is -0.236. The standard InChI is InChI=1S/C15H11FN2O5/c1-20-11-5-4-9(7-10(11)16)15(19)22-8-13-17-18-14(23-13)12-3-2-6-21-12/h2-7H,8H2,1H3. The molecule has 0 N–H and O–H groups in total. The molecule has 0 aliphatic rings. The van der Waals surface area contributed by atoms with Crippen LogP contribution in [0.5, 0.6) is 5.75 Å². The lowest BCUT2D eigenvalue weighted by Crippen LogP contribution is -2.06. The summed E-state index contributed by atoms with van der Waals surface area (Å²) in [7, 11) is 1.34. The van der Waals surface area contributed by atoms with Gasteiger partial charge in [-0.25, -0.2) is 9.18 Å². The second-order valence-electron chi connectivity index (χ2n) is 4.40. The van der Waals surface area contributed by atoms with Gasteiger partial charge in [0.2, 0.25) is 0 Å². The van der Waals surface area contributed by atoms with Gasteiger partial charge >= 0.3 is 5.97 Å². The summed E-state index contributed by atoms with van der Waals surface area (Å²) in [5, 5.41) is 7.50. The summed E-state index contributed by atoms with van der Waals surface area (Å²) in [5.74, 6) is -0.645. The van der Waals surface area contributed by atoms with Gasteiger partial charge in [-0.05, 0) is 30.3 Å². The minimum absolute atomic E-state index is 0.0431. The molecular weight excluding hydrogens is 307 g/mol. The van der Waals surface area contributed by atoms with Crippen LogP contribution in [0.15, 0.2) is 45.4 Å². The van der Waals surface area contributed by atoms with Gasteiger partial charge in [0.1, 0.15) is 0 Å². The monoisotopic (exact) mass is 318 g/mol. The minimum atomic E-state index is -0.718. The Morgan fingerprint density at radius 2 is 2.17 bits per heavy atom. The van der Waals surface area contributed by atoms with Crippen LogP contribution in [-0.2, 0) is 11.3 Å². The zero-order chi connectivity index (χ0) is 16.2. The van der Waals surface area contributed by atoms with Crippen molar-refractivity contribution in [2.45, 2.75) is 6.61 Å². The quantitative estimate of drug-likeness (QED) is 0.668. The first-order valence-corrected chi connectivity index (χ1v) is 6.54. The van der Waals surface area contributed by atoms with Crippen molar-refractivity contribution in [2.24, 2.45) is 0 Å². The van der Waals surface area contributed by atoms with Gasteiger partial charge in [0.05, 0.1) is 18.9 Å². The SMILES string of the molecule is COc1ccc(C(=O)OCc2nnc(-c3ccco3)o2)cc1F. The molecule has 0 aliphatic heterocycles. The van der Waals surface area contributed by atoms with Crippen molar-refractivity contribution in [3.05, 3.63) is 53.9 Å². The Hall–Kier alpha value is -3.16. The van der Waals surface area contributed by atoms with Crippen molar-refractivity contribution < 1.29 is 27.5 Å². The maximum absolute atomic E-state index is 13.6. The van der Waals surface area contributed by atoms with Crippen LogP contribution in [0.2, 0.25) is 0 Å². The second-order valence-corrected chi connectivity index (χ2v) is 4.40. The van der Waals surface area contributed by atoms with Gasteiger partial charge in [0, 0.05) is 0 Å². The van der Waals surface area contributed by atoms with Crippen molar-refractivity contribution in [3.8, 4) is 17.4 Å². The molecule has 2 heterocycles. The van der Waals surface area contributed by atoms with Crippen LogP contribution in [0.1, 0.15) is 16.2 Å². The first kappa shape index (κ1) is 14.8. The molecule has 0 amide bonds. The molecule has 0 fully saturated rings. The zero-order valence-electron chi connectivity index (χ0n) is 12.0. The van der Waals surface area contributed by atoms with Crippen LogP contribution in [0.25, 0.3) is 11.7 Å². The van der Waals surface area contributed by atoms with Crippen molar-refractivity contribution in [3.63, 3.8) is 0 Å². The summed E-state index contributed by atoms with van der Waals surface area (Å²) >= 11 is 0. The zero-order valence-corrected chi connectivity index (χ0v) is 12.0. The Balaban J connectivity index is 1.64. The number of benzene rings is 1. The van der Waals surface area contributed by atoms with Gasteiger partial charge in [0.15, 0.2) is 23.9 Å². The number of hydrogen-bond acceptors (Lipinski definition) is 7. The highest BCUT2D eigenvalue weighted by molar-refractivity contribution is 5.89. The van der Waals surface area contributed by atoms with E-state index in [0.29, 0.717) is 5.76 Å². The van der Waals surface area contributed by atoms with Gasteiger partial charge in [-0.15, -0.1) is 10.2 Å². The molecular formula is C15H11FN2O5. The van der Waals surface area contributed by atoms with Crippen molar-refractivity contribution in [1.29, 1.82) is 0 Å². The van der Waals surface area contributed by atoms with Crippen LogP contribution < -0.4 is 4.74 Å². The van der Waals surface area contributed by atoms with E-state index in [9.17, 15) is 9.18 Å². The highest BCUT2D eigenvalue weighted by atomic mass is 19.1. The molecule has 23 heavy (non-hydrogen) atoms. The molecule has 0 unspecified atom stereocenters. The largest absolute Gasteiger partial charge is 0.494 e. The summed E-state index contributed by atoms with van der Waals surface area (Å²) in [6.07, 6.45) is 1.47. The van der Waals surface area contributed by atoms with Gasteiger partial charge in [-0.1, -0.05) is 0 Å². The predicted octanol–water partition coefficient (Wildman–Crippen LogP) is 2.83. The van der Waals surface area contributed by atoms with Crippen LogP contribution in [-0.4, -0.2) is 23.3 Å². The molecule has 0 spiro atoms. The molecule has 0 saturated heterocycles. The van der Waals surface area contributed by atoms with E-state index in [1.54, 1.807) is 12.1 Å². The third kappa shape index (κ3) is 3.20. The summed E-state index contributed by atoms with van der Waals surface area (Å²) in [4.78, 5) is 11.9. The molecule has 3 aromatic rings. The molecule has 7 nitrogen and oxygen atoms in total. The van der Waals surface area contributed by atoms with Gasteiger partial charge in [-0.2, -0.15) is 0 Å². The molecule has 0 aliphatic carbocycles. The smallest absolute Gasteiger partial charge is 0.338 e. The van der Waals surface area contributed by atoms with E-state index in [-0.39, 0.29) is 29.7 Å². The van der Waals surface area contributed by atoms with E-state index in [4.69, 9.17) is 18.3 Å². The number of hydrogen-bond donors (Lipinski definition) is 0. The van der Waals surface area contributed by atoms with Crippen LogP contribution >= 0.6 is 0 Å². The first-order valence-electron chi connectivity index (χ1n) is 6.54. The molecule has 3 rings (SSSR count). The van der Waals surface area contributed by atoms with E-state index >= 15 is 0 Å². The number of esters is 1. The molecule has 0 radical (unpaired) electrons. The van der Waals surface area contributed by atoms with Crippen molar-refractivity contribution in [2.75, 3.05) is 7.11 Å². The van der Waals surface area contributed by atoms with E-state index in [2.05, 4.69) is 10.2 Å². The Labute approximate surface area is 129 Å². The summed E-state index contributed by atoms with van der Waals surface area (Å²) < 4.78 is 33.7. The van der Waals surface area contributed by atoms with Crippen LogP contribution in [0, 0.1) is 5.82 Å². The highest BCUT2D eigenvalue weighted by Crippen LogP contribution is 2.20. The molecule has 8 heteroatoms. The Kier molecular flexibility index (Phi) is 4.05. The lowest BCUT2D eigenvalue weighted by Gasteiger charge is -2.05. The van der Waals surface area contributed by atoms with E-state index in [0.717, 1.165) is 6.07 Å². The Morgan fingerprint density at radius 1 is 1.30 bits per heavy atom. The number of nitrogens with zero attached hydrogens (tertiary/aromatic N) is 2. The average Bonchev–Trinajstić information content (AvgIpc) is 3.23. The number of methoxy groups -OCH3 is 1. The van der Waals surface area contributed by atoms with Crippen molar-refractivity contribution in [1.82, 2.24) is 10.2 Å². The predicted molar refractivity (Wildman–Crippen MR) is 74.1 cm³/mol. The van der Waals surface area contributed by atoms with E-state index in [1.807, 2.05) is 0 Å². The fraction of sp³-hybridized carbons (Fsp3) is 0.133. The third-order valence-electron chi connectivity index (χ3n) is 2.91. The molecule has 0 atom stereocenters. The maximum atomic E-state index is 13.6. The summed E-state index contributed by atoms with van der Waals surface area (Å²) in [5.41, 5.74) is 0.0501. The Bertz CT molecular complexity index is 813. The number of rotatable bonds is 5. The maximum Gasteiger partial charge on any atom is 0.338 e. The molecule has 2 aromatic heterocycles. The fourth-order valence-corrected chi connectivity index (χ4v) is 1.82. The third-order valence-corrected chi connectivity index (χ3v) is 2.91. The van der Waals surface area contributed by atoms with Crippen LogP contribution in [0.3, 0.4) is 0 Å². The molecule has 118 valence electrons. The molecule has 0 bridgehead atoms. The van der Waals surface area contributed by atoms with Gasteiger partial charge in [-0.3, -0.25) is 0 Å². The van der Waals surface area contributed by atoms with E-state index < -0.39 is 11.8 Å². The Morgan fingerprint density at radius 3 is 2.87 bits per heavy atom. The molecule has 1 aromatic carbocycles. The second kappa shape index (κ2) is 6.30. The number of carbonyl (C=O) groups is 1. The van der Waals surface area contributed by atoms with Crippen molar-refractivity contribution >= 4 is 5.97 Å². The summed E-state index contributed by atoms with van der Waals surface area (Å²) in [6, 6.07) is 7.10. The average molecular weight is 318 g/mol. The lowest BCUT2D eigenvalue weighted by molar-refractivity contribution is 0.0438. The number of aromatic nitrogens is 2. The normalized spacial score (nSPS) is 10.5. The van der Waals surface area contributed by atoms with Gasteiger partial charge < -0.3 is 18.3 Å². The highest BCUT2D eigenvalue weighted by Gasteiger charge is 2.15.